The predicted molar refractivity (Wildman–Crippen MR) is 109 cm³/mol. The van der Waals surface area contributed by atoms with E-state index >= 15 is 0 Å². The van der Waals surface area contributed by atoms with Gasteiger partial charge in [0, 0.05) is 31.5 Å². The molecule has 0 spiro atoms. The van der Waals surface area contributed by atoms with Crippen LogP contribution >= 0.6 is 34.8 Å². The Morgan fingerprint density at radius 2 is 1.70 bits per heavy atom. The second-order valence-electron chi connectivity index (χ2n) is 5.50. The molecule has 144 valence electrons. The molecule has 2 rings (SSSR count). The summed E-state index contributed by atoms with van der Waals surface area (Å²) < 4.78 is 4.93. The minimum Gasteiger partial charge on any atom is -0.385 e. The Bertz CT molecular complexity index is 831. The molecule has 0 aromatic heterocycles. The molecule has 3 N–H and O–H groups in total. The van der Waals surface area contributed by atoms with Crippen LogP contribution in [0.25, 0.3) is 0 Å². The maximum absolute atomic E-state index is 12.2. The standard InChI is InChI=1S/C18H18Cl3N3O3/c1-27-8-2-7-22-17(25)11-3-5-14(20)16(9-11)24-18(26)23-12-4-6-13(19)15(21)10-12/h3-6,9-10H,2,7-8H2,1H3,(H,22,25)(H2,23,24,26). The monoisotopic (exact) mass is 429 g/mol. The third kappa shape index (κ3) is 6.59. The summed E-state index contributed by atoms with van der Waals surface area (Å²) in [5, 5.41) is 8.99. The first-order valence-corrected chi connectivity index (χ1v) is 9.14. The van der Waals surface area contributed by atoms with Crippen molar-refractivity contribution in [3.8, 4) is 0 Å². The molecule has 3 amide bonds. The van der Waals surface area contributed by atoms with Gasteiger partial charge in [-0.15, -0.1) is 0 Å². The van der Waals surface area contributed by atoms with E-state index in [4.69, 9.17) is 39.5 Å². The highest BCUT2D eigenvalue weighted by Crippen LogP contribution is 2.26. The van der Waals surface area contributed by atoms with E-state index in [1.54, 1.807) is 31.4 Å². The lowest BCUT2D eigenvalue weighted by Gasteiger charge is -2.11. The van der Waals surface area contributed by atoms with Crippen molar-refractivity contribution in [2.24, 2.45) is 0 Å². The lowest BCUT2D eigenvalue weighted by molar-refractivity contribution is 0.0948. The van der Waals surface area contributed by atoms with Crippen molar-refractivity contribution in [2.75, 3.05) is 30.9 Å². The summed E-state index contributed by atoms with van der Waals surface area (Å²) in [6.07, 6.45) is 0.701. The lowest BCUT2D eigenvalue weighted by Crippen LogP contribution is -2.25. The van der Waals surface area contributed by atoms with Crippen LogP contribution in [0.2, 0.25) is 15.1 Å². The van der Waals surface area contributed by atoms with Gasteiger partial charge in [0.25, 0.3) is 5.91 Å². The maximum atomic E-state index is 12.2. The van der Waals surface area contributed by atoms with E-state index in [1.807, 2.05) is 0 Å². The summed E-state index contributed by atoms with van der Waals surface area (Å²) in [5.74, 6) is -0.268. The Balaban J connectivity index is 2.01. The van der Waals surface area contributed by atoms with E-state index in [0.29, 0.717) is 51.6 Å². The summed E-state index contributed by atoms with van der Waals surface area (Å²) in [5.41, 5.74) is 1.14. The van der Waals surface area contributed by atoms with E-state index < -0.39 is 6.03 Å². The molecule has 0 radical (unpaired) electrons. The van der Waals surface area contributed by atoms with Gasteiger partial charge in [0.15, 0.2) is 0 Å². The molecule has 0 saturated carbocycles. The van der Waals surface area contributed by atoms with Gasteiger partial charge in [0.05, 0.1) is 20.8 Å². The molecule has 0 aliphatic heterocycles. The smallest absolute Gasteiger partial charge is 0.323 e. The molecule has 0 aliphatic carbocycles. The number of halogens is 3. The quantitative estimate of drug-likeness (QED) is 0.537. The van der Waals surface area contributed by atoms with Gasteiger partial charge in [-0.05, 0) is 42.8 Å². The van der Waals surface area contributed by atoms with Crippen LogP contribution in [0.4, 0.5) is 16.2 Å². The zero-order valence-electron chi connectivity index (χ0n) is 14.4. The van der Waals surface area contributed by atoms with Crippen LogP contribution in [0.3, 0.4) is 0 Å². The number of ether oxygens (including phenoxy) is 1. The number of hydrogen-bond donors (Lipinski definition) is 3. The number of rotatable bonds is 7. The first-order chi connectivity index (χ1) is 12.9. The number of amides is 3. The summed E-state index contributed by atoms with van der Waals surface area (Å²) in [6.45, 7) is 1.04. The topological polar surface area (TPSA) is 79.5 Å². The van der Waals surface area contributed by atoms with Gasteiger partial charge >= 0.3 is 6.03 Å². The Morgan fingerprint density at radius 3 is 2.41 bits per heavy atom. The second-order valence-corrected chi connectivity index (χ2v) is 6.73. The van der Waals surface area contributed by atoms with Gasteiger partial charge in [-0.1, -0.05) is 34.8 Å². The maximum Gasteiger partial charge on any atom is 0.323 e. The SMILES string of the molecule is COCCCNC(=O)c1ccc(Cl)c(NC(=O)Nc2ccc(Cl)c(Cl)c2)c1. The molecular weight excluding hydrogens is 413 g/mol. The van der Waals surface area contributed by atoms with Gasteiger partial charge in [-0.3, -0.25) is 4.79 Å². The molecule has 9 heteroatoms. The molecule has 0 fully saturated rings. The average molecular weight is 431 g/mol. The molecule has 2 aromatic rings. The zero-order chi connectivity index (χ0) is 19.8. The predicted octanol–water partition coefficient (Wildman–Crippen LogP) is 5.06. The third-order valence-electron chi connectivity index (χ3n) is 3.47. The largest absolute Gasteiger partial charge is 0.385 e. The Kier molecular flexibility index (Phi) is 8.19. The van der Waals surface area contributed by atoms with Crippen LogP contribution in [-0.2, 0) is 4.74 Å². The number of nitrogens with one attached hydrogen (secondary N) is 3. The fourth-order valence-corrected chi connectivity index (χ4v) is 2.60. The van der Waals surface area contributed by atoms with E-state index in [0.717, 1.165) is 0 Å². The molecule has 0 unspecified atom stereocenters. The van der Waals surface area contributed by atoms with Gasteiger partial charge in [0.1, 0.15) is 0 Å². The van der Waals surface area contributed by atoms with E-state index in [-0.39, 0.29) is 5.91 Å². The van der Waals surface area contributed by atoms with Crippen LogP contribution in [0, 0.1) is 0 Å². The number of benzene rings is 2. The van der Waals surface area contributed by atoms with Crippen molar-refractivity contribution in [2.45, 2.75) is 6.42 Å². The number of urea groups is 1. The van der Waals surface area contributed by atoms with Crippen molar-refractivity contribution in [1.29, 1.82) is 0 Å². The highest BCUT2D eigenvalue weighted by molar-refractivity contribution is 6.42. The molecule has 2 aromatic carbocycles. The Morgan fingerprint density at radius 1 is 0.963 bits per heavy atom. The minimum atomic E-state index is -0.534. The van der Waals surface area contributed by atoms with E-state index in [9.17, 15) is 9.59 Å². The normalized spacial score (nSPS) is 10.4. The van der Waals surface area contributed by atoms with Crippen LogP contribution in [0.15, 0.2) is 36.4 Å². The molecule has 27 heavy (non-hydrogen) atoms. The number of carbonyl (C=O) groups excluding carboxylic acids is 2. The molecule has 0 bridgehead atoms. The highest BCUT2D eigenvalue weighted by atomic mass is 35.5. The van der Waals surface area contributed by atoms with Crippen molar-refractivity contribution >= 4 is 58.1 Å². The molecule has 0 heterocycles. The number of carbonyl (C=O) groups is 2. The van der Waals surface area contributed by atoms with Crippen molar-refractivity contribution in [3.63, 3.8) is 0 Å². The van der Waals surface area contributed by atoms with E-state index in [1.165, 1.54) is 12.1 Å². The summed E-state index contributed by atoms with van der Waals surface area (Å²) in [4.78, 5) is 24.4. The highest BCUT2D eigenvalue weighted by Gasteiger charge is 2.11. The van der Waals surface area contributed by atoms with Crippen molar-refractivity contribution in [3.05, 3.63) is 57.0 Å². The van der Waals surface area contributed by atoms with Gasteiger partial charge in [-0.2, -0.15) is 0 Å². The van der Waals surface area contributed by atoms with Gasteiger partial charge in [-0.25, -0.2) is 4.79 Å². The van der Waals surface area contributed by atoms with Crippen molar-refractivity contribution in [1.82, 2.24) is 5.32 Å². The number of anilines is 2. The Hall–Kier alpha value is -1.99. The fourth-order valence-electron chi connectivity index (χ4n) is 2.14. The Labute approximate surface area is 172 Å². The summed E-state index contributed by atoms with van der Waals surface area (Å²) >= 11 is 17.9. The van der Waals surface area contributed by atoms with Crippen LogP contribution in [0.5, 0.6) is 0 Å². The number of hydrogen-bond acceptors (Lipinski definition) is 3. The second kappa shape index (κ2) is 10.4. The molecule has 0 atom stereocenters. The van der Waals surface area contributed by atoms with Gasteiger partial charge < -0.3 is 20.7 Å². The lowest BCUT2D eigenvalue weighted by atomic mass is 10.2. The molecule has 0 aliphatic rings. The first kappa shape index (κ1) is 21.3. The first-order valence-electron chi connectivity index (χ1n) is 8.00. The zero-order valence-corrected chi connectivity index (χ0v) is 16.7. The fraction of sp³-hybridized carbons (Fsp3) is 0.222. The van der Waals surface area contributed by atoms with Crippen LogP contribution < -0.4 is 16.0 Å². The average Bonchev–Trinajstić information content (AvgIpc) is 2.63. The van der Waals surface area contributed by atoms with Crippen molar-refractivity contribution < 1.29 is 14.3 Å². The van der Waals surface area contributed by atoms with Gasteiger partial charge in [0.2, 0.25) is 0 Å². The van der Waals surface area contributed by atoms with E-state index in [2.05, 4.69) is 16.0 Å². The molecular formula is C18H18Cl3N3O3. The van der Waals surface area contributed by atoms with Crippen LogP contribution in [0.1, 0.15) is 16.8 Å². The summed E-state index contributed by atoms with van der Waals surface area (Å²) in [7, 11) is 1.60. The molecule has 6 nitrogen and oxygen atoms in total. The summed E-state index contributed by atoms with van der Waals surface area (Å²) in [6, 6.07) is 8.79. The third-order valence-corrected chi connectivity index (χ3v) is 4.53. The molecule has 0 saturated heterocycles. The van der Waals surface area contributed by atoms with Crippen LogP contribution in [-0.4, -0.2) is 32.2 Å². The number of methoxy groups -OCH3 is 1. The minimum absolute atomic E-state index is 0.268.